The molecule has 3 rings (SSSR count). The smallest absolute Gasteiger partial charge is 0.255 e. The van der Waals surface area contributed by atoms with Crippen LogP contribution in [0.3, 0.4) is 0 Å². The molecule has 27 heavy (non-hydrogen) atoms. The summed E-state index contributed by atoms with van der Waals surface area (Å²) in [5.41, 5.74) is 1.36. The van der Waals surface area contributed by atoms with E-state index in [-0.39, 0.29) is 11.8 Å². The number of carbonyl (C=O) groups is 2. The Morgan fingerprint density at radius 2 is 1.78 bits per heavy atom. The summed E-state index contributed by atoms with van der Waals surface area (Å²) in [4.78, 5) is 29.3. The van der Waals surface area contributed by atoms with Crippen molar-refractivity contribution in [1.82, 2.24) is 9.80 Å². The highest BCUT2D eigenvalue weighted by atomic mass is 35.5. The van der Waals surface area contributed by atoms with Crippen LogP contribution < -0.4 is 10.1 Å². The Morgan fingerprint density at radius 3 is 2.48 bits per heavy atom. The van der Waals surface area contributed by atoms with Crippen LogP contribution in [0.4, 0.5) is 5.69 Å². The number of benzene rings is 2. The fourth-order valence-corrected chi connectivity index (χ4v) is 3.07. The van der Waals surface area contributed by atoms with Crippen LogP contribution in [0.5, 0.6) is 5.75 Å². The largest absolute Gasteiger partial charge is 0.497 e. The first-order valence-electron chi connectivity index (χ1n) is 8.70. The summed E-state index contributed by atoms with van der Waals surface area (Å²) in [5, 5.41) is 3.15. The number of anilines is 1. The molecule has 142 valence electrons. The average Bonchev–Trinajstić information content (AvgIpc) is 2.69. The fraction of sp³-hybridized carbons (Fsp3) is 0.300. The number of nitrogens with one attached hydrogen (secondary N) is 1. The van der Waals surface area contributed by atoms with Crippen LogP contribution in [-0.2, 0) is 0 Å². The number of amides is 2. The lowest BCUT2D eigenvalue weighted by Gasteiger charge is -2.32. The van der Waals surface area contributed by atoms with Crippen LogP contribution in [0.15, 0.2) is 42.5 Å². The van der Waals surface area contributed by atoms with E-state index in [1.807, 2.05) is 11.9 Å². The third kappa shape index (κ3) is 4.59. The van der Waals surface area contributed by atoms with Gasteiger partial charge in [0, 0.05) is 37.3 Å². The zero-order valence-electron chi connectivity index (χ0n) is 15.4. The molecular formula is C20H22ClN3O3. The third-order valence-corrected chi connectivity index (χ3v) is 4.91. The van der Waals surface area contributed by atoms with Gasteiger partial charge in [0.2, 0.25) is 0 Å². The molecule has 1 saturated heterocycles. The SMILES string of the molecule is COc1cccc(C(=O)Nc2cc(C(=O)N3CCN(C)CC3)ccc2Cl)c1. The Balaban J connectivity index is 1.77. The summed E-state index contributed by atoms with van der Waals surface area (Å²) in [6, 6.07) is 11.8. The van der Waals surface area contributed by atoms with Gasteiger partial charge in [0.15, 0.2) is 0 Å². The number of hydrogen-bond donors (Lipinski definition) is 1. The Morgan fingerprint density at radius 1 is 1.04 bits per heavy atom. The van der Waals surface area contributed by atoms with E-state index in [0.29, 0.717) is 40.7 Å². The van der Waals surface area contributed by atoms with E-state index in [1.54, 1.807) is 49.6 Å². The van der Waals surface area contributed by atoms with E-state index in [2.05, 4.69) is 10.2 Å². The molecule has 0 aliphatic carbocycles. The summed E-state index contributed by atoms with van der Waals surface area (Å²) in [6.45, 7) is 3.06. The maximum absolute atomic E-state index is 12.7. The van der Waals surface area contributed by atoms with Crippen LogP contribution in [0, 0.1) is 0 Å². The zero-order chi connectivity index (χ0) is 19.4. The molecule has 0 aromatic heterocycles. The van der Waals surface area contributed by atoms with Crippen molar-refractivity contribution in [3.63, 3.8) is 0 Å². The van der Waals surface area contributed by atoms with Crippen LogP contribution >= 0.6 is 11.6 Å². The van der Waals surface area contributed by atoms with E-state index >= 15 is 0 Å². The standard InChI is InChI=1S/C20H22ClN3O3/c1-23-8-10-24(11-9-23)20(26)15-6-7-17(21)18(13-15)22-19(25)14-4-3-5-16(12-14)27-2/h3-7,12-13H,8-11H2,1-2H3,(H,22,25). The van der Waals surface area contributed by atoms with Crippen LogP contribution in [0.25, 0.3) is 0 Å². The molecule has 1 heterocycles. The summed E-state index contributed by atoms with van der Waals surface area (Å²) >= 11 is 6.22. The molecule has 2 aromatic carbocycles. The minimum atomic E-state index is -0.319. The molecule has 7 heteroatoms. The minimum absolute atomic E-state index is 0.0587. The Kier molecular flexibility index (Phi) is 5.98. The van der Waals surface area contributed by atoms with Gasteiger partial charge in [0.1, 0.15) is 5.75 Å². The lowest BCUT2D eigenvalue weighted by molar-refractivity contribution is 0.0664. The van der Waals surface area contributed by atoms with Crippen LogP contribution in [0.1, 0.15) is 20.7 Å². The number of methoxy groups -OCH3 is 1. The third-order valence-electron chi connectivity index (χ3n) is 4.58. The van der Waals surface area contributed by atoms with Gasteiger partial charge in [-0.05, 0) is 43.4 Å². The Bertz CT molecular complexity index is 848. The molecule has 1 fully saturated rings. The number of carbonyl (C=O) groups excluding carboxylic acids is 2. The van der Waals surface area contributed by atoms with E-state index in [1.165, 1.54) is 0 Å². The van der Waals surface area contributed by atoms with E-state index in [4.69, 9.17) is 16.3 Å². The lowest BCUT2D eigenvalue weighted by atomic mass is 10.1. The molecule has 6 nitrogen and oxygen atoms in total. The number of hydrogen-bond acceptors (Lipinski definition) is 4. The second-order valence-corrected chi connectivity index (χ2v) is 6.88. The molecule has 0 saturated carbocycles. The van der Waals surface area contributed by atoms with Gasteiger partial charge in [-0.1, -0.05) is 17.7 Å². The first-order valence-corrected chi connectivity index (χ1v) is 9.08. The summed E-state index contributed by atoms with van der Waals surface area (Å²) in [7, 11) is 3.58. The first-order chi connectivity index (χ1) is 13.0. The number of piperazine rings is 1. The van der Waals surface area contributed by atoms with Crippen molar-refractivity contribution in [2.24, 2.45) is 0 Å². The van der Waals surface area contributed by atoms with E-state index in [0.717, 1.165) is 13.1 Å². The van der Waals surface area contributed by atoms with Gasteiger partial charge >= 0.3 is 0 Å². The van der Waals surface area contributed by atoms with Gasteiger partial charge in [0.25, 0.3) is 11.8 Å². The second-order valence-electron chi connectivity index (χ2n) is 6.48. The van der Waals surface area contributed by atoms with Crippen molar-refractivity contribution in [3.8, 4) is 5.75 Å². The zero-order valence-corrected chi connectivity index (χ0v) is 16.1. The van der Waals surface area contributed by atoms with Crippen molar-refractivity contribution < 1.29 is 14.3 Å². The molecule has 1 aliphatic rings. The number of rotatable bonds is 4. The van der Waals surface area contributed by atoms with E-state index in [9.17, 15) is 9.59 Å². The molecule has 1 aliphatic heterocycles. The molecule has 0 spiro atoms. The summed E-state index contributed by atoms with van der Waals surface area (Å²) in [5.74, 6) is 0.212. The van der Waals surface area contributed by atoms with Gasteiger partial charge in [-0.3, -0.25) is 9.59 Å². The lowest BCUT2D eigenvalue weighted by Crippen LogP contribution is -2.47. The highest BCUT2D eigenvalue weighted by Crippen LogP contribution is 2.25. The van der Waals surface area contributed by atoms with Gasteiger partial charge in [0.05, 0.1) is 17.8 Å². The van der Waals surface area contributed by atoms with Gasteiger partial charge < -0.3 is 19.9 Å². The normalized spacial score (nSPS) is 14.7. The molecule has 2 aromatic rings. The first kappa shape index (κ1) is 19.2. The molecule has 0 unspecified atom stereocenters. The Labute approximate surface area is 163 Å². The maximum atomic E-state index is 12.7. The molecule has 0 atom stereocenters. The molecule has 0 bridgehead atoms. The number of likely N-dealkylation sites (N-methyl/N-ethyl adjacent to an activating group) is 1. The van der Waals surface area contributed by atoms with Crippen molar-refractivity contribution in [2.45, 2.75) is 0 Å². The second kappa shape index (κ2) is 8.41. The summed E-state index contributed by atoms with van der Waals surface area (Å²) < 4.78 is 5.14. The minimum Gasteiger partial charge on any atom is -0.497 e. The van der Waals surface area contributed by atoms with Crippen molar-refractivity contribution in [1.29, 1.82) is 0 Å². The van der Waals surface area contributed by atoms with Crippen LogP contribution in [0.2, 0.25) is 5.02 Å². The quantitative estimate of drug-likeness (QED) is 0.876. The number of halogens is 1. The topological polar surface area (TPSA) is 61.9 Å². The average molecular weight is 388 g/mol. The molecule has 0 radical (unpaired) electrons. The maximum Gasteiger partial charge on any atom is 0.255 e. The monoisotopic (exact) mass is 387 g/mol. The van der Waals surface area contributed by atoms with Gasteiger partial charge in [-0.15, -0.1) is 0 Å². The molecule has 1 N–H and O–H groups in total. The number of ether oxygens (including phenoxy) is 1. The highest BCUT2D eigenvalue weighted by molar-refractivity contribution is 6.34. The van der Waals surface area contributed by atoms with Crippen LogP contribution in [-0.4, -0.2) is 62.0 Å². The van der Waals surface area contributed by atoms with Crippen molar-refractivity contribution in [3.05, 3.63) is 58.6 Å². The molecule has 2 amide bonds. The van der Waals surface area contributed by atoms with Gasteiger partial charge in [-0.25, -0.2) is 0 Å². The van der Waals surface area contributed by atoms with Crippen molar-refractivity contribution >= 4 is 29.1 Å². The summed E-state index contributed by atoms with van der Waals surface area (Å²) in [6.07, 6.45) is 0. The van der Waals surface area contributed by atoms with Gasteiger partial charge in [-0.2, -0.15) is 0 Å². The molecular weight excluding hydrogens is 366 g/mol. The predicted molar refractivity (Wildman–Crippen MR) is 106 cm³/mol. The van der Waals surface area contributed by atoms with Crippen molar-refractivity contribution in [2.75, 3.05) is 45.7 Å². The highest BCUT2D eigenvalue weighted by Gasteiger charge is 2.21. The predicted octanol–water partition coefficient (Wildman–Crippen LogP) is 2.99. The van der Waals surface area contributed by atoms with E-state index < -0.39 is 0 Å². The Hall–Kier alpha value is -2.57. The fourth-order valence-electron chi connectivity index (χ4n) is 2.91. The number of nitrogens with zero attached hydrogens (tertiary/aromatic N) is 2.